The first-order valence-corrected chi connectivity index (χ1v) is 4.67. The topological polar surface area (TPSA) is 44.5 Å². The maximum Gasteiger partial charge on any atom is 0.0988 e. The molecule has 3 unspecified atom stereocenters. The summed E-state index contributed by atoms with van der Waals surface area (Å²) in [5.41, 5.74) is 5.77. The highest BCUT2D eigenvalue weighted by Crippen LogP contribution is 2.26. The summed E-state index contributed by atoms with van der Waals surface area (Å²) < 4.78 is 11.1. The lowest BCUT2D eigenvalue weighted by Gasteiger charge is -2.42. The van der Waals surface area contributed by atoms with Gasteiger partial charge in [0.15, 0.2) is 0 Å². The van der Waals surface area contributed by atoms with Gasteiger partial charge >= 0.3 is 0 Å². The Balaban J connectivity index is 2.27. The molecular weight excluding hydrogens is 154 g/mol. The van der Waals surface area contributed by atoms with Crippen molar-refractivity contribution in [2.24, 2.45) is 5.73 Å². The summed E-state index contributed by atoms with van der Waals surface area (Å²) in [6, 6.07) is 0.175. The Labute approximate surface area is 74.2 Å². The van der Waals surface area contributed by atoms with E-state index in [1.165, 1.54) is 0 Å². The second-order valence-electron chi connectivity index (χ2n) is 3.54. The van der Waals surface area contributed by atoms with Gasteiger partial charge in [-0.3, -0.25) is 0 Å². The Morgan fingerprint density at radius 1 is 1.50 bits per heavy atom. The molecule has 0 aromatic heterocycles. The van der Waals surface area contributed by atoms with Crippen molar-refractivity contribution >= 4 is 0 Å². The Morgan fingerprint density at radius 2 is 2.17 bits per heavy atom. The Kier molecular flexibility index (Phi) is 3.50. The van der Waals surface area contributed by atoms with E-state index in [2.05, 4.69) is 0 Å². The molecule has 3 nitrogen and oxygen atoms in total. The van der Waals surface area contributed by atoms with E-state index < -0.39 is 0 Å². The summed E-state index contributed by atoms with van der Waals surface area (Å²) in [5.74, 6) is 0. The molecule has 1 fully saturated rings. The van der Waals surface area contributed by atoms with Gasteiger partial charge in [0.1, 0.15) is 0 Å². The molecule has 0 amide bonds. The molecule has 0 aromatic carbocycles. The summed E-state index contributed by atoms with van der Waals surface area (Å²) in [5, 5.41) is 0. The highest BCUT2D eigenvalue weighted by molar-refractivity contribution is 4.95. The Bertz CT molecular complexity index is 138. The van der Waals surface area contributed by atoms with Gasteiger partial charge in [0.05, 0.1) is 18.3 Å². The highest BCUT2D eigenvalue weighted by Gasteiger charge is 2.40. The largest absolute Gasteiger partial charge is 0.374 e. The minimum atomic E-state index is 0.123. The van der Waals surface area contributed by atoms with Crippen LogP contribution in [0.5, 0.6) is 0 Å². The zero-order chi connectivity index (χ0) is 9.14. The molecule has 1 saturated carbocycles. The Hall–Kier alpha value is -0.120. The summed E-state index contributed by atoms with van der Waals surface area (Å²) in [7, 11) is 0. The first kappa shape index (κ1) is 9.96. The van der Waals surface area contributed by atoms with E-state index >= 15 is 0 Å². The molecule has 72 valence electrons. The number of hydrogen-bond donors (Lipinski definition) is 1. The van der Waals surface area contributed by atoms with Crippen molar-refractivity contribution in [3.05, 3.63) is 0 Å². The predicted octanol–water partition coefficient (Wildman–Crippen LogP) is 0.916. The van der Waals surface area contributed by atoms with Crippen LogP contribution in [0.2, 0.25) is 0 Å². The van der Waals surface area contributed by atoms with Crippen molar-refractivity contribution in [2.75, 3.05) is 6.61 Å². The van der Waals surface area contributed by atoms with E-state index in [0.717, 1.165) is 13.0 Å². The van der Waals surface area contributed by atoms with E-state index in [0.29, 0.717) is 0 Å². The van der Waals surface area contributed by atoms with Crippen molar-refractivity contribution in [1.82, 2.24) is 0 Å². The van der Waals surface area contributed by atoms with Gasteiger partial charge in [-0.2, -0.15) is 0 Å². The lowest BCUT2D eigenvalue weighted by molar-refractivity contribution is -0.152. The van der Waals surface area contributed by atoms with Gasteiger partial charge in [-0.05, 0) is 27.2 Å². The van der Waals surface area contributed by atoms with Crippen LogP contribution in [-0.4, -0.2) is 31.0 Å². The molecule has 2 N–H and O–H groups in total. The second-order valence-corrected chi connectivity index (χ2v) is 3.54. The van der Waals surface area contributed by atoms with Crippen molar-refractivity contribution in [2.45, 2.75) is 51.5 Å². The molecule has 0 radical (unpaired) electrons. The summed E-state index contributed by atoms with van der Waals surface area (Å²) in [6.45, 7) is 6.77. The van der Waals surface area contributed by atoms with Crippen molar-refractivity contribution < 1.29 is 9.47 Å². The van der Waals surface area contributed by atoms with Crippen LogP contribution in [-0.2, 0) is 9.47 Å². The summed E-state index contributed by atoms with van der Waals surface area (Å²) >= 11 is 0. The van der Waals surface area contributed by atoms with Gasteiger partial charge in [-0.15, -0.1) is 0 Å². The fourth-order valence-electron chi connectivity index (χ4n) is 1.52. The third-order valence-electron chi connectivity index (χ3n) is 2.10. The lowest BCUT2D eigenvalue weighted by atomic mass is 9.86. The van der Waals surface area contributed by atoms with Gasteiger partial charge in [0, 0.05) is 12.6 Å². The first-order valence-electron chi connectivity index (χ1n) is 4.67. The highest BCUT2D eigenvalue weighted by atomic mass is 16.5. The van der Waals surface area contributed by atoms with Crippen LogP contribution in [0.3, 0.4) is 0 Å². The molecule has 0 aliphatic heterocycles. The van der Waals surface area contributed by atoms with Crippen LogP contribution in [0.25, 0.3) is 0 Å². The van der Waals surface area contributed by atoms with E-state index in [9.17, 15) is 0 Å². The average molecular weight is 173 g/mol. The molecule has 0 heterocycles. The number of nitrogens with two attached hydrogens (primary N) is 1. The standard InChI is InChI=1S/C9H19NO2/c1-4-11-9-7(10)5-8(9)12-6(2)3/h6-9H,4-5,10H2,1-3H3. The maximum absolute atomic E-state index is 5.77. The molecule has 12 heavy (non-hydrogen) atoms. The van der Waals surface area contributed by atoms with Crippen LogP contribution in [0.15, 0.2) is 0 Å². The second kappa shape index (κ2) is 4.21. The molecular formula is C9H19NO2. The first-order chi connectivity index (χ1) is 5.65. The molecule has 3 heteroatoms. The van der Waals surface area contributed by atoms with Crippen LogP contribution < -0.4 is 5.73 Å². The van der Waals surface area contributed by atoms with Crippen molar-refractivity contribution in [3.63, 3.8) is 0 Å². The summed E-state index contributed by atoms with van der Waals surface area (Å²) in [6.07, 6.45) is 1.55. The zero-order valence-electron chi connectivity index (χ0n) is 8.12. The van der Waals surface area contributed by atoms with Gasteiger partial charge in [-0.25, -0.2) is 0 Å². The fourth-order valence-corrected chi connectivity index (χ4v) is 1.52. The quantitative estimate of drug-likeness (QED) is 0.687. The molecule has 0 saturated heterocycles. The minimum Gasteiger partial charge on any atom is -0.374 e. The SMILES string of the molecule is CCOC1C(N)CC1OC(C)C. The fraction of sp³-hybridized carbons (Fsp3) is 1.00. The van der Waals surface area contributed by atoms with Crippen LogP contribution in [0.4, 0.5) is 0 Å². The van der Waals surface area contributed by atoms with E-state index in [-0.39, 0.29) is 24.4 Å². The minimum absolute atomic E-state index is 0.123. The molecule has 0 spiro atoms. The van der Waals surface area contributed by atoms with Gasteiger partial charge in [-0.1, -0.05) is 0 Å². The van der Waals surface area contributed by atoms with Gasteiger partial charge in [0.2, 0.25) is 0 Å². The van der Waals surface area contributed by atoms with Crippen LogP contribution in [0.1, 0.15) is 27.2 Å². The third kappa shape index (κ3) is 2.19. The molecule has 1 aliphatic rings. The number of hydrogen-bond acceptors (Lipinski definition) is 3. The van der Waals surface area contributed by atoms with E-state index in [1.54, 1.807) is 0 Å². The van der Waals surface area contributed by atoms with Gasteiger partial charge < -0.3 is 15.2 Å². The zero-order valence-corrected chi connectivity index (χ0v) is 8.12. The molecule has 1 rings (SSSR count). The molecule has 0 bridgehead atoms. The molecule has 1 aliphatic carbocycles. The summed E-state index contributed by atoms with van der Waals surface area (Å²) in [4.78, 5) is 0. The molecule has 0 aromatic rings. The predicted molar refractivity (Wildman–Crippen MR) is 48.0 cm³/mol. The smallest absolute Gasteiger partial charge is 0.0988 e. The van der Waals surface area contributed by atoms with Gasteiger partial charge in [0.25, 0.3) is 0 Å². The monoisotopic (exact) mass is 173 g/mol. The maximum atomic E-state index is 5.77. The normalized spacial score (nSPS) is 35.2. The van der Waals surface area contributed by atoms with E-state index in [1.807, 2.05) is 20.8 Å². The number of ether oxygens (including phenoxy) is 2. The number of rotatable bonds is 4. The van der Waals surface area contributed by atoms with Crippen LogP contribution >= 0.6 is 0 Å². The van der Waals surface area contributed by atoms with Crippen LogP contribution in [0, 0.1) is 0 Å². The van der Waals surface area contributed by atoms with E-state index in [4.69, 9.17) is 15.2 Å². The van der Waals surface area contributed by atoms with Crippen molar-refractivity contribution in [3.8, 4) is 0 Å². The van der Waals surface area contributed by atoms with Crippen molar-refractivity contribution in [1.29, 1.82) is 0 Å². The third-order valence-corrected chi connectivity index (χ3v) is 2.10. The molecule has 3 atom stereocenters. The lowest BCUT2D eigenvalue weighted by Crippen LogP contribution is -2.58. The Morgan fingerprint density at radius 3 is 2.58 bits per heavy atom. The average Bonchev–Trinajstić information content (AvgIpc) is 1.99.